The Balaban J connectivity index is 0.755. The first-order chi connectivity index (χ1) is 27.3. The van der Waals surface area contributed by atoms with Crippen LogP contribution in [0, 0.1) is 0 Å². The van der Waals surface area contributed by atoms with Crippen LogP contribution in [-0.2, 0) is 27.5 Å². The van der Waals surface area contributed by atoms with Crippen LogP contribution in [0.5, 0.6) is 0 Å². The van der Waals surface area contributed by atoms with E-state index in [1.165, 1.54) is 12.1 Å². The summed E-state index contributed by atoms with van der Waals surface area (Å²) in [6.07, 6.45) is 8.15. The number of hydrogen-bond donors (Lipinski definition) is 3. The monoisotopic (exact) mass is 752 g/mol. The average molecular weight is 753 g/mol. The molecule has 0 saturated carbocycles. The molecule has 4 amide bonds. The zero-order chi connectivity index (χ0) is 38.3. The second-order valence-electron chi connectivity index (χ2n) is 15.3. The van der Waals surface area contributed by atoms with Crippen LogP contribution in [0.15, 0.2) is 79.1 Å². The van der Waals surface area contributed by atoms with Crippen LogP contribution in [0.3, 0.4) is 0 Å². The molecule has 2 atom stereocenters. The van der Waals surface area contributed by atoms with E-state index < -0.39 is 11.9 Å². The smallest absolute Gasteiger partial charge is 0.258 e. The van der Waals surface area contributed by atoms with Gasteiger partial charge >= 0.3 is 0 Å². The summed E-state index contributed by atoms with van der Waals surface area (Å²) < 4.78 is 6.33. The number of benzene rings is 2. The molecule has 56 heavy (non-hydrogen) atoms. The van der Waals surface area contributed by atoms with E-state index in [1.54, 1.807) is 29.4 Å². The van der Waals surface area contributed by atoms with E-state index in [1.807, 2.05) is 36.4 Å². The zero-order valence-electron chi connectivity index (χ0n) is 31.3. The molecule has 13 nitrogen and oxygen atoms in total. The van der Waals surface area contributed by atoms with Crippen LogP contribution in [0.1, 0.15) is 82.1 Å². The Morgan fingerprint density at radius 3 is 2.46 bits per heavy atom. The highest BCUT2D eigenvalue weighted by Crippen LogP contribution is 2.36. The van der Waals surface area contributed by atoms with Crippen LogP contribution in [0.2, 0.25) is 0 Å². The largest absolute Gasteiger partial charge is 0.373 e. The summed E-state index contributed by atoms with van der Waals surface area (Å²) in [6.45, 7) is 3.52. The number of nitrogens with zero attached hydrogens (tertiary/aromatic N) is 5. The molecule has 0 radical (unpaired) electrons. The summed E-state index contributed by atoms with van der Waals surface area (Å²) in [4.78, 5) is 69.3. The van der Waals surface area contributed by atoms with Crippen molar-refractivity contribution < 1.29 is 23.9 Å². The van der Waals surface area contributed by atoms with Gasteiger partial charge in [-0.3, -0.25) is 29.4 Å². The minimum atomic E-state index is -0.643. The summed E-state index contributed by atoms with van der Waals surface area (Å²) in [6, 6.07) is 21.4. The lowest BCUT2D eigenvalue weighted by atomic mass is 9.96. The topological polar surface area (TPSA) is 153 Å². The lowest BCUT2D eigenvalue weighted by Gasteiger charge is -2.32. The van der Waals surface area contributed by atoms with Crippen molar-refractivity contribution >= 4 is 46.2 Å². The number of ether oxygens (including phenoxy) is 1. The van der Waals surface area contributed by atoms with Gasteiger partial charge < -0.3 is 24.8 Å². The molecule has 9 rings (SSSR count). The Kier molecular flexibility index (Phi) is 9.55. The number of rotatable bonds is 9. The fourth-order valence-corrected chi connectivity index (χ4v) is 8.60. The van der Waals surface area contributed by atoms with Gasteiger partial charge in [-0.2, -0.15) is 0 Å². The van der Waals surface area contributed by atoms with Gasteiger partial charge in [0, 0.05) is 67.2 Å². The first-order valence-electron chi connectivity index (χ1n) is 19.5. The van der Waals surface area contributed by atoms with Gasteiger partial charge in [-0.15, -0.1) is 0 Å². The number of hydrogen-bond acceptors (Lipinski definition) is 9. The number of anilines is 2. The van der Waals surface area contributed by atoms with Crippen LogP contribution in [0.25, 0.3) is 22.0 Å². The van der Waals surface area contributed by atoms with E-state index in [4.69, 9.17) is 4.74 Å². The number of nitrogens with one attached hydrogen (secondary N) is 3. The first-order valence-corrected chi connectivity index (χ1v) is 19.5. The summed E-state index contributed by atoms with van der Waals surface area (Å²) in [5.41, 5.74) is 7.12. The third-order valence-corrected chi connectivity index (χ3v) is 11.8. The van der Waals surface area contributed by atoms with Crippen LogP contribution >= 0.6 is 0 Å². The zero-order valence-corrected chi connectivity index (χ0v) is 31.3. The van der Waals surface area contributed by atoms with Crippen molar-refractivity contribution in [3.8, 4) is 11.1 Å². The Hall–Kier alpha value is -5.92. The number of pyridine rings is 2. The van der Waals surface area contributed by atoms with Crippen LogP contribution in [-0.4, -0.2) is 87.2 Å². The Morgan fingerprint density at radius 1 is 0.893 bits per heavy atom. The lowest BCUT2D eigenvalue weighted by molar-refractivity contribution is -0.136. The molecule has 3 aromatic heterocycles. The molecule has 0 bridgehead atoms. The molecule has 5 aromatic rings. The quantitative estimate of drug-likeness (QED) is 0.164. The number of carbonyl (C=O) groups excluding carboxylic acids is 4. The number of fused-ring (bicyclic) bond motifs is 2. The fraction of sp³-hybridized carbons (Fsp3) is 0.349. The number of imide groups is 1. The number of carbonyl (C=O) groups is 4. The SMILES string of the molecule is CN1CCC[C@@H]1c1cc2cnc(NC(=O)c3ccc(N4CCC(OCc5ccc(-c6cccc7c6CN(C6CCC(=O)NC6=O)C7=O)cc5)CC4)nc3)cc2[nH]1. The number of H-pyrrole nitrogens is 1. The molecule has 0 spiro atoms. The van der Waals surface area contributed by atoms with Crippen molar-refractivity contribution in [2.24, 2.45) is 0 Å². The molecule has 3 fully saturated rings. The van der Waals surface area contributed by atoms with Crippen LogP contribution in [0.4, 0.5) is 11.6 Å². The van der Waals surface area contributed by atoms with Crippen molar-refractivity contribution in [1.29, 1.82) is 0 Å². The van der Waals surface area contributed by atoms with Gasteiger partial charge in [0.05, 0.1) is 23.8 Å². The molecule has 3 saturated heterocycles. The fourth-order valence-electron chi connectivity index (χ4n) is 8.60. The maximum atomic E-state index is 13.3. The van der Waals surface area contributed by atoms with Gasteiger partial charge in [0.15, 0.2) is 0 Å². The molecule has 13 heteroatoms. The molecule has 2 aromatic carbocycles. The normalized spacial score (nSPS) is 20.5. The molecule has 286 valence electrons. The molecule has 4 aliphatic rings. The van der Waals surface area contributed by atoms with Crippen LogP contribution < -0.4 is 15.5 Å². The highest BCUT2D eigenvalue weighted by atomic mass is 16.5. The number of likely N-dealkylation sites (tertiary alicyclic amines) is 1. The molecular weight excluding hydrogens is 709 g/mol. The number of amides is 4. The number of aromatic nitrogens is 3. The third-order valence-electron chi connectivity index (χ3n) is 11.8. The van der Waals surface area contributed by atoms with Gasteiger partial charge in [0.25, 0.3) is 11.8 Å². The van der Waals surface area contributed by atoms with Crippen molar-refractivity contribution in [3.05, 3.63) is 107 Å². The van der Waals surface area contributed by atoms with Gasteiger partial charge in [0.1, 0.15) is 17.7 Å². The molecule has 1 unspecified atom stereocenters. The van der Waals surface area contributed by atoms with Crippen molar-refractivity contribution in [3.63, 3.8) is 0 Å². The highest BCUT2D eigenvalue weighted by Gasteiger charge is 2.40. The second kappa shape index (κ2) is 15.0. The predicted octanol–water partition coefficient (Wildman–Crippen LogP) is 5.59. The van der Waals surface area contributed by atoms with Crippen molar-refractivity contribution in [2.45, 2.75) is 69.9 Å². The predicted molar refractivity (Wildman–Crippen MR) is 211 cm³/mol. The minimum Gasteiger partial charge on any atom is -0.373 e. The summed E-state index contributed by atoms with van der Waals surface area (Å²) >= 11 is 0. The first kappa shape index (κ1) is 35.8. The van der Waals surface area contributed by atoms with E-state index in [0.717, 1.165) is 77.9 Å². The Bertz CT molecular complexity index is 2320. The standard InChI is InChI=1S/C43H44N8O5/c1-49-17-3-6-36(49)35-20-29-23-44-38(21-34(29)46-35)47-41(53)28-11-13-39(45-22-28)50-18-15-30(16-19-50)56-25-26-7-9-27(10-8-26)31-4-2-5-32-33(31)24-51(43(32)55)37-12-14-40(52)48-42(37)54/h2,4-5,7-11,13,20-23,30,36-37,46H,3,6,12,14-19,24-25H2,1H3,(H,44,47,53)(H,48,52,54)/t36-,37?/m1/s1. The number of aromatic amines is 1. The van der Waals surface area contributed by atoms with E-state index in [2.05, 4.69) is 60.6 Å². The van der Waals surface area contributed by atoms with Gasteiger partial charge in [-0.1, -0.05) is 36.4 Å². The van der Waals surface area contributed by atoms with E-state index in [0.29, 0.717) is 42.6 Å². The Labute approximate surface area is 324 Å². The second-order valence-corrected chi connectivity index (χ2v) is 15.3. The van der Waals surface area contributed by atoms with E-state index in [-0.39, 0.29) is 30.2 Å². The van der Waals surface area contributed by atoms with Gasteiger partial charge in [0.2, 0.25) is 11.8 Å². The number of piperidine rings is 2. The molecule has 3 N–H and O–H groups in total. The summed E-state index contributed by atoms with van der Waals surface area (Å²) in [7, 11) is 2.15. The van der Waals surface area contributed by atoms with Crippen molar-refractivity contribution in [2.75, 3.05) is 36.9 Å². The van der Waals surface area contributed by atoms with Gasteiger partial charge in [-0.25, -0.2) is 9.97 Å². The molecule has 7 heterocycles. The summed E-state index contributed by atoms with van der Waals surface area (Å²) in [5, 5.41) is 6.32. The third kappa shape index (κ3) is 7.03. The van der Waals surface area contributed by atoms with Crippen molar-refractivity contribution in [1.82, 2.24) is 30.1 Å². The minimum absolute atomic E-state index is 0.123. The lowest BCUT2D eigenvalue weighted by Crippen LogP contribution is -2.52. The highest BCUT2D eigenvalue weighted by molar-refractivity contribution is 6.06. The maximum Gasteiger partial charge on any atom is 0.258 e. The molecular formula is C43H44N8O5. The average Bonchev–Trinajstić information content (AvgIpc) is 3.94. The Morgan fingerprint density at radius 2 is 1.71 bits per heavy atom. The van der Waals surface area contributed by atoms with E-state index in [9.17, 15) is 19.2 Å². The molecule has 4 aliphatic heterocycles. The maximum absolute atomic E-state index is 13.3. The van der Waals surface area contributed by atoms with E-state index >= 15 is 0 Å². The molecule has 0 aliphatic carbocycles. The van der Waals surface area contributed by atoms with Gasteiger partial charge in [-0.05, 0) is 92.2 Å². The summed E-state index contributed by atoms with van der Waals surface area (Å²) in [5.74, 6) is 0.193.